The molecule has 1 amide bonds. The molecule has 4 nitrogen and oxygen atoms in total. The number of hydrogen-bond donors (Lipinski definition) is 2. The molecule has 2 aromatic rings. The molecular weight excluding hydrogens is 300 g/mol. The maximum absolute atomic E-state index is 12.4. The summed E-state index contributed by atoms with van der Waals surface area (Å²) >= 11 is 5.94. The zero-order valence-electron chi connectivity index (χ0n) is 11.9. The quantitative estimate of drug-likeness (QED) is 0.911. The molecule has 0 spiro atoms. The van der Waals surface area contributed by atoms with Crippen LogP contribution in [-0.2, 0) is 0 Å². The van der Waals surface area contributed by atoms with Gasteiger partial charge in [-0.1, -0.05) is 23.7 Å². The summed E-state index contributed by atoms with van der Waals surface area (Å²) in [5.41, 5.74) is 1.34. The van der Waals surface area contributed by atoms with Gasteiger partial charge in [0.2, 0.25) is 0 Å². The van der Waals surface area contributed by atoms with Crippen LogP contribution < -0.4 is 5.32 Å². The lowest BCUT2D eigenvalue weighted by Gasteiger charge is -2.37. The van der Waals surface area contributed by atoms with Crippen LogP contribution in [-0.4, -0.2) is 22.1 Å². The molecular formula is C17H17ClN2O2. The Labute approximate surface area is 134 Å². The zero-order chi connectivity index (χ0) is 15.5. The summed E-state index contributed by atoms with van der Waals surface area (Å²) in [6.45, 7) is 0. The van der Waals surface area contributed by atoms with Gasteiger partial charge in [0.05, 0.1) is 17.8 Å². The van der Waals surface area contributed by atoms with E-state index in [-0.39, 0.29) is 24.0 Å². The molecule has 114 valence electrons. The van der Waals surface area contributed by atoms with Crippen molar-refractivity contribution in [3.63, 3.8) is 0 Å². The smallest absolute Gasteiger partial charge is 0.251 e. The fourth-order valence-electron chi connectivity index (χ4n) is 2.75. The highest BCUT2D eigenvalue weighted by Gasteiger charge is 2.36. The van der Waals surface area contributed by atoms with Gasteiger partial charge in [-0.2, -0.15) is 0 Å². The monoisotopic (exact) mass is 316 g/mol. The Bertz CT molecular complexity index is 657. The van der Waals surface area contributed by atoms with E-state index >= 15 is 0 Å². The van der Waals surface area contributed by atoms with Gasteiger partial charge in [0.25, 0.3) is 5.91 Å². The lowest BCUT2D eigenvalue weighted by molar-refractivity contribution is 0.0228. The predicted octanol–water partition coefficient (Wildman–Crippen LogP) is 2.98. The topological polar surface area (TPSA) is 62.2 Å². The molecule has 0 saturated heterocycles. The number of aliphatic hydroxyl groups is 1. The maximum atomic E-state index is 12.4. The van der Waals surface area contributed by atoms with Gasteiger partial charge >= 0.3 is 0 Å². The van der Waals surface area contributed by atoms with Crippen LogP contribution in [0.25, 0.3) is 0 Å². The minimum Gasteiger partial charge on any atom is -0.393 e. The van der Waals surface area contributed by atoms with Gasteiger partial charge in [0.15, 0.2) is 0 Å². The number of halogens is 1. The molecule has 1 saturated carbocycles. The average molecular weight is 317 g/mol. The van der Waals surface area contributed by atoms with Crippen molar-refractivity contribution in [2.75, 3.05) is 0 Å². The van der Waals surface area contributed by atoms with Gasteiger partial charge in [0, 0.05) is 16.8 Å². The Morgan fingerprint density at radius 2 is 2.09 bits per heavy atom. The van der Waals surface area contributed by atoms with Crippen LogP contribution in [0.1, 0.15) is 34.9 Å². The van der Waals surface area contributed by atoms with Crippen molar-refractivity contribution in [1.82, 2.24) is 10.3 Å². The van der Waals surface area contributed by atoms with Gasteiger partial charge in [-0.15, -0.1) is 0 Å². The third-order valence-corrected chi connectivity index (χ3v) is 4.24. The standard InChI is InChI=1S/C17H17ClN2O2/c18-13-5-3-4-11(8-13)17(22)20-16(12-9-14(21)10-12)15-6-1-2-7-19-15/h1-8,12,14,16,21H,9-10H2,(H,20,22)/t12?,14?,16-/m0/s1. The van der Waals surface area contributed by atoms with Crippen LogP contribution >= 0.6 is 11.6 Å². The highest BCUT2D eigenvalue weighted by Crippen LogP contribution is 2.37. The second kappa shape index (κ2) is 6.46. The molecule has 0 bridgehead atoms. The van der Waals surface area contributed by atoms with E-state index in [2.05, 4.69) is 10.3 Å². The number of aromatic nitrogens is 1. The fourth-order valence-corrected chi connectivity index (χ4v) is 2.94. The van der Waals surface area contributed by atoms with E-state index in [1.807, 2.05) is 18.2 Å². The summed E-state index contributed by atoms with van der Waals surface area (Å²) in [6, 6.07) is 12.3. The van der Waals surface area contributed by atoms with Crippen LogP contribution in [0, 0.1) is 5.92 Å². The molecule has 2 N–H and O–H groups in total. The summed E-state index contributed by atoms with van der Waals surface area (Å²) in [6.07, 6.45) is 2.79. The van der Waals surface area contributed by atoms with Crippen LogP contribution in [0.2, 0.25) is 5.02 Å². The maximum Gasteiger partial charge on any atom is 0.251 e. The number of aliphatic hydroxyl groups excluding tert-OH is 1. The first-order valence-corrected chi connectivity index (χ1v) is 7.66. The molecule has 0 unspecified atom stereocenters. The summed E-state index contributed by atoms with van der Waals surface area (Å²) in [7, 11) is 0. The summed E-state index contributed by atoms with van der Waals surface area (Å²) in [4.78, 5) is 16.8. The fraction of sp³-hybridized carbons (Fsp3) is 0.294. The van der Waals surface area contributed by atoms with E-state index in [0.29, 0.717) is 23.4 Å². The highest BCUT2D eigenvalue weighted by atomic mass is 35.5. The lowest BCUT2D eigenvalue weighted by Crippen LogP contribution is -2.41. The molecule has 22 heavy (non-hydrogen) atoms. The number of rotatable bonds is 4. The van der Waals surface area contributed by atoms with E-state index in [0.717, 1.165) is 5.69 Å². The second-order valence-corrected chi connectivity index (χ2v) is 6.04. The number of amides is 1. The van der Waals surface area contributed by atoms with Crippen molar-refractivity contribution in [2.24, 2.45) is 5.92 Å². The lowest BCUT2D eigenvalue weighted by atomic mass is 9.76. The molecule has 3 rings (SSSR count). The molecule has 1 aromatic heterocycles. The van der Waals surface area contributed by atoms with Crippen LogP contribution in [0.3, 0.4) is 0 Å². The van der Waals surface area contributed by atoms with Crippen molar-refractivity contribution >= 4 is 17.5 Å². The van der Waals surface area contributed by atoms with E-state index in [1.54, 1.807) is 30.5 Å². The average Bonchev–Trinajstić information content (AvgIpc) is 2.50. The zero-order valence-corrected chi connectivity index (χ0v) is 12.7. The molecule has 0 radical (unpaired) electrons. The van der Waals surface area contributed by atoms with Gasteiger partial charge in [0.1, 0.15) is 0 Å². The summed E-state index contributed by atoms with van der Waals surface area (Å²) < 4.78 is 0. The van der Waals surface area contributed by atoms with Gasteiger partial charge in [-0.25, -0.2) is 0 Å². The van der Waals surface area contributed by atoms with E-state index in [1.165, 1.54) is 0 Å². The predicted molar refractivity (Wildman–Crippen MR) is 84.6 cm³/mol. The number of hydrogen-bond acceptors (Lipinski definition) is 3. The number of benzene rings is 1. The largest absolute Gasteiger partial charge is 0.393 e. The van der Waals surface area contributed by atoms with E-state index < -0.39 is 0 Å². The summed E-state index contributed by atoms with van der Waals surface area (Å²) in [5.74, 6) is 0.0209. The molecule has 1 aromatic carbocycles. The molecule has 0 aliphatic heterocycles. The number of carbonyl (C=O) groups is 1. The minimum atomic E-state index is -0.278. The number of nitrogens with zero attached hydrogens (tertiary/aromatic N) is 1. The Balaban J connectivity index is 1.79. The van der Waals surface area contributed by atoms with Gasteiger partial charge in [-0.05, 0) is 49.1 Å². The van der Waals surface area contributed by atoms with Crippen molar-refractivity contribution in [1.29, 1.82) is 0 Å². The van der Waals surface area contributed by atoms with E-state index in [4.69, 9.17) is 11.6 Å². The van der Waals surface area contributed by atoms with Crippen molar-refractivity contribution in [3.8, 4) is 0 Å². The number of pyridine rings is 1. The second-order valence-electron chi connectivity index (χ2n) is 5.60. The van der Waals surface area contributed by atoms with Crippen molar-refractivity contribution < 1.29 is 9.90 Å². The first-order chi connectivity index (χ1) is 10.6. The van der Waals surface area contributed by atoms with Gasteiger partial charge < -0.3 is 10.4 Å². The first kappa shape index (κ1) is 15.0. The normalized spacial score (nSPS) is 21.7. The van der Waals surface area contributed by atoms with Crippen LogP contribution in [0.15, 0.2) is 48.7 Å². The molecule has 1 aliphatic rings. The Morgan fingerprint density at radius 1 is 1.27 bits per heavy atom. The molecule has 1 aliphatic carbocycles. The van der Waals surface area contributed by atoms with E-state index in [9.17, 15) is 9.90 Å². The van der Waals surface area contributed by atoms with Crippen molar-refractivity contribution in [2.45, 2.75) is 25.0 Å². The molecule has 1 heterocycles. The van der Waals surface area contributed by atoms with Crippen LogP contribution in [0.5, 0.6) is 0 Å². The molecule has 5 heteroatoms. The first-order valence-electron chi connectivity index (χ1n) is 7.29. The number of carbonyl (C=O) groups excluding carboxylic acids is 1. The summed E-state index contributed by atoms with van der Waals surface area (Å²) in [5, 5.41) is 13.1. The highest BCUT2D eigenvalue weighted by molar-refractivity contribution is 6.30. The SMILES string of the molecule is O=C(N[C@H](c1ccccn1)C1CC(O)C1)c1cccc(Cl)c1. The third-order valence-electron chi connectivity index (χ3n) is 4.00. The number of nitrogens with one attached hydrogen (secondary N) is 1. The Morgan fingerprint density at radius 3 is 2.73 bits per heavy atom. The Kier molecular flexibility index (Phi) is 4.41. The van der Waals surface area contributed by atoms with Crippen molar-refractivity contribution in [3.05, 3.63) is 64.9 Å². The van der Waals surface area contributed by atoms with Gasteiger partial charge in [-0.3, -0.25) is 9.78 Å². The third kappa shape index (κ3) is 3.29. The minimum absolute atomic E-state index is 0.181. The Hall–Kier alpha value is -1.91. The van der Waals surface area contributed by atoms with Crippen LogP contribution in [0.4, 0.5) is 0 Å². The molecule has 1 fully saturated rings. The molecule has 1 atom stereocenters.